The van der Waals surface area contributed by atoms with Crippen LogP contribution < -0.4 is 0 Å². The third-order valence-electron chi connectivity index (χ3n) is 4.05. The molecule has 5 heteroatoms. The van der Waals surface area contributed by atoms with Gasteiger partial charge in [0.2, 0.25) is 0 Å². The molecule has 1 amide bonds. The van der Waals surface area contributed by atoms with Crippen molar-refractivity contribution in [2.24, 2.45) is 4.99 Å². The zero-order chi connectivity index (χ0) is 18.5. The first-order valence-electron chi connectivity index (χ1n) is 8.72. The van der Waals surface area contributed by atoms with Gasteiger partial charge in [0.15, 0.2) is 5.17 Å². The van der Waals surface area contributed by atoms with E-state index in [0.29, 0.717) is 16.6 Å². The number of phenols is 1. The Hall–Kier alpha value is -2.53. The van der Waals surface area contributed by atoms with E-state index in [-0.39, 0.29) is 11.7 Å². The van der Waals surface area contributed by atoms with Crippen molar-refractivity contribution in [1.29, 1.82) is 0 Å². The monoisotopic (exact) mass is 366 g/mol. The van der Waals surface area contributed by atoms with Gasteiger partial charge in [-0.15, -0.1) is 0 Å². The Kier molecular flexibility index (Phi) is 5.78. The fraction of sp³-hybridized carbons (Fsp3) is 0.238. The molecule has 0 aliphatic carbocycles. The van der Waals surface area contributed by atoms with Crippen molar-refractivity contribution in [2.45, 2.75) is 26.7 Å². The first-order valence-corrected chi connectivity index (χ1v) is 9.54. The molecule has 0 unspecified atom stereocenters. The van der Waals surface area contributed by atoms with Gasteiger partial charge in [-0.05, 0) is 61.0 Å². The van der Waals surface area contributed by atoms with E-state index in [4.69, 9.17) is 0 Å². The SMILES string of the molecule is CCCCN1C(=O)/C(=C\c2cccc(O)c2)SC1=Nc1ccc(C)cc1. The van der Waals surface area contributed by atoms with Gasteiger partial charge in [-0.3, -0.25) is 9.69 Å². The topological polar surface area (TPSA) is 52.9 Å². The number of phenolic OH excluding ortho intramolecular Hbond substituents is 1. The molecule has 1 saturated heterocycles. The lowest BCUT2D eigenvalue weighted by Gasteiger charge is -2.14. The Balaban J connectivity index is 1.92. The van der Waals surface area contributed by atoms with Crippen molar-refractivity contribution >= 4 is 34.6 Å². The lowest BCUT2D eigenvalue weighted by atomic mass is 10.2. The highest BCUT2D eigenvalue weighted by Crippen LogP contribution is 2.34. The van der Waals surface area contributed by atoms with Crippen LogP contribution in [0.15, 0.2) is 58.4 Å². The normalized spacial score (nSPS) is 17.5. The van der Waals surface area contributed by atoms with Crippen LogP contribution in [0.4, 0.5) is 5.69 Å². The maximum Gasteiger partial charge on any atom is 0.266 e. The first-order chi connectivity index (χ1) is 12.6. The molecule has 134 valence electrons. The summed E-state index contributed by atoms with van der Waals surface area (Å²) in [7, 11) is 0. The molecule has 1 aliphatic rings. The van der Waals surface area contributed by atoms with Gasteiger partial charge in [0.1, 0.15) is 5.75 Å². The maximum atomic E-state index is 12.8. The molecule has 0 spiro atoms. The van der Waals surface area contributed by atoms with Gasteiger partial charge in [0, 0.05) is 6.54 Å². The number of thioether (sulfide) groups is 1. The summed E-state index contributed by atoms with van der Waals surface area (Å²) in [4.78, 5) is 19.9. The lowest BCUT2D eigenvalue weighted by Crippen LogP contribution is -2.30. The summed E-state index contributed by atoms with van der Waals surface area (Å²) in [6.45, 7) is 4.80. The summed E-state index contributed by atoms with van der Waals surface area (Å²) in [5, 5.41) is 10.3. The molecule has 2 aromatic carbocycles. The van der Waals surface area contributed by atoms with Gasteiger partial charge < -0.3 is 5.11 Å². The lowest BCUT2D eigenvalue weighted by molar-refractivity contribution is -0.122. The molecule has 3 rings (SSSR count). The van der Waals surface area contributed by atoms with Crippen molar-refractivity contribution in [3.05, 3.63) is 64.6 Å². The molecule has 0 aromatic heterocycles. The number of amides is 1. The minimum atomic E-state index is -0.0299. The molecule has 1 fully saturated rings. The number of hydrogen-bond acceptors (Lipinski definition) is 4. The van der Waals surface area contributed by atoms with Crippen LogP contribution in [0.3, 0.4) is 0 Å². The van der Waals surface area contributed by atoms with E-state index in [1.165, 1.54) is 17.3 Å². The average Bonchev–Trinajstić information content (AvgIpc) is 2.90. The van der Waals surface area contributed by atoms with E-state index in [1.54, 1.807) is 23.1 Å². The molecule has 1 N–H and O–H groups in total. The minimum absolute atomic E-state index is 0.0299. The third-order valence-corrected chi connectivity index (χ3v) is 5.06. The minimum Gasteiger partial charge on any atom is -0.508 e. The maximum absolute atomic E-state index is 12.8. The predicted molar refractivity (Wildman–Crippen MR) is 109 cm³/mol. The first kappa shape index (κ1) is 18.3. The van der Waals surface area contributed by atoms with Gasteiger partial charge >= 0.3 is 0 Å². The van der Waals surface area contributed by atoms with Crippen LogP contribution >= 0.6 is 11.8 Å². The molecule has 26 heavy (non-hydrogen) atoms. The number of rotatable bonds is 5. The number of hydrogen-bond donors (Lipinski definition) is 1. The zero-order valence-corrected chi connectivity index (χ0v) is 15.8. The number of aliphatic imine (C=N–C) groups is 1. The average molecular weight is 366 g/mol. The Morgan fingerprint density at radius 1 is 1.19 bits per heavy atom. The number of carbonyl (C=O) groups excluding carboxylic acids is 1. The Bertz CT molecular complexity index is 857. The van der Waals surface area contributed by atoms with Crippen LogP contribution in [0.2, 0.25) is 0 Å². The number of aromatic hydroxyl groups is 1. The van der Waals surface area contributed by atoms with E-state index in [9.17, 15) is 9.90 Å². The number of benzene rings is 2. The molecule has 1 heterocycles. The summed E-state index contributed by atoms with van der Waals surface area (Å²) in [5.41, 5.74) is 2.82. The van der Waals surface area contributed by atoms with Crippen LogP contribution in [-0.4, -0.2) is 27.6 Å². The van der Waals surface area contributed by atoms with Crippen molar-refractivity contribution in [3.8, 4) is 5.75 Å². The Morgan fingerprint density at radius 2 is 1.96 bits per heavy atom. The van der Waals surface area contributed by atoms with Crippen molar-refractivity contribution < 1.29 is 9.90 Å². The molecule has 1 aliphatic heterocycles. The van der Waals surface area contributed by atoms with Gasteiger partial charge in [-0.2, -0.15) is 0 Å². The molecule has 0 atom stereocenters. The largest absolute Gasteiger partial charge is 0.508 e. The van der Waals surface area contributed by atoms with Crippen molar-refractivity contribution in [1.82, 2.24) is 4.90 Å². The van der Waals surface area contributed by atoms with Gasteiger partial charge in [0.25, 0.3) is 5.91 Å². The van der Waals surface area contributed by atoms with Gasteiger partial charge in [-0.25, -0.2) is 4.99 Å². The standard InChI is InChI=1S/C21H22N2O2S/c1-3-4-12-23-20(25)19(14-16-6-5-7-18(24)13-16)26-21(23)22-17-10-8-15(2)9-11-17/h5-11,13-14,24H,3-4,12H2,1-2H3/b19-14+,22-21?. The number of nitrogens with zero attached hydrogens (tertiary/aromatic N) is 2. The van der Waals surface area contributed by atoms with E-state index in [2.05, 4.69) is 11.9 Å². The molecule has 2 aromatic rings. The molecule has 4 nitrogen and oxygen atoms in total. The van der Waals surface area contributed by atoms with Gasteiger partial charge in [-0.1, -0.05) is 43.2 Å². The van der Waals surface area contributed by atoms with E-state index in [0.717, 1.165) is 24.1 Å². The smallest absolute Gasteiger partial charge is 0.266 e. The molecule has 0 radical (unpaired) electrons. The molecular weight excluding hydrogens is 344 g/mol. The van der Waals surface area contributed by atoms with Crippen LogP contribution in [0, 0.1) is 6.92 Å². The molecule has 0 bridgehead atoms. The summed E-state index contributed by atoms with van der Waals surface area (Å²) in [5.74, 6) is 0.156. The summed E-state index contributed by atoms with van der Waals surface area (Å²) >= 11 is 1.38. The fourth-order valence-electron chi connectivity index (χ4n) is 2.60. The number of unbranched alkanes of at least 4 members (excludes halogenated alkanes) is 1. The molecular formula is C21H22N2O2S. The second kappa shape index (κ2) is 8.23. The highest BCUT2D eigenvalue weighted by Gasteiger charge is 2.32. The van der Waals surface area contributed by atoms with Gasteiger partial charge in [0.05, 0.1) is 10.6 Å². The molecule has 0 saturated carbocycles. The van der Waals surface area contributed by atoms with Crippen LogP contribution in [0.5, 0.6) is 5.75 Å². The predicted octanol–water partition coefficient (Wildman–Crippen LogP) is 5.10. The summed E-state index contributed by atoms with van der Waals surface area (Å²) in [6.07, 6.45) is 3.75. The zero-order valence-electron chi connectivity index (χ0n) is 15.0. The number of carbonyl (C=O) groups is 1. The quantitative estimate of drug-likeness (QED) is 0.749. The second-order valence-corrected chi connectivity index (χ2v) is 7.26. The highest BCUT2D eigenvalue weighted by atomic mass is 32.2. The van der Waals surface area contributed by atoms with Crippen LogP contribution in [0.25, 0.3) is 6.08 Å². The number of aryl methyl sites for hydroxylation is 1. The third kappa shape index (κ3) is 4.35. The van der Waals surface area contributed by atoms with Crippen molar-refractivity contribution in [2.75, 3.05) is 6.54 Å². The van der Waals surface area contributed by atoms with E-state index in [1.807, 2.05) is 43.3 Å². The fourth-order valence-corrected chi connectivity index (χ4v) is 3.63. The van der Waals surface area contributed by atoms with E-state index >= 15 is 0 Å². The van der Waals surface area contributed by atoms with Crippen LogP contribution in [-0.2, 0) is 4.79 Å². The summed E-state index contributed by atoms with van der Waals surface area (Å²) < 4.78 is 0. The van der Waals surface area contributed by atoms with Crippen molar-refractivity contribution in [3.63, 3.8) is 0 Å². The Labute approximate surface area is 158 Å². The van der Waals surface area contributed by atoms with Crippen LogP contribution in [0.1, 0.15) is 30.9 Å². The Morgan fingerprint density at radius 3 is 2.65 bits per heavy atom. The van der Waals surface area contributed by atoms with E-state index < -0.39 is 0 Å². The number of amidine groups is 1. The summed E-state index contributed by atoms with van der Waals surface area (Å²) in [6, 6.07) is 14.8. The highest BCUT2D eigenvalue weighted by molar-refractivity contribution is 8.18. The second-order valence-electron chi connectivity index (χ2n) is 6.25.